The molecule has 0 aliphatic carbocycles. The quantitative estimate of drug-likeness (QED) is 0.385. The summed E-state index contributed by atoms with van der Waals surface area (Å²) < 4.78 is 4.72. The highest BCUT2D eigenvalue weighted by Crippen LogP contribution is 2.28. The van der Waals surface area contributed by atoms with E-state index in [-0.39, 0.29) is 17.7 Å². The fourth-order valence-corrected chi connectivity index (χ4v) is 1.60. The lowest BCUT2D eigenvalue weighted by atomic mass is 10.0. The van der Waals surface area contributed by atoms with Gasteiger partial charge in [0.25, 0.3) is 5.69 Å². The van der Waals surface area contributed by atoms with E-state index in [1.165, 1.54) is 6.07 Å². The maximum atomic E-state index is 11.5. The predicted molar refractivity (Wildman–Crippen MR) is 67.1 cm³/mol. The molecule has 0 saturated heterocycles. The smallest absolute Gasteiger partial charge is 0.338 e. The van der Waals surface area contributed by atoms with Crippen LogP contribution in [0.4, 0.5) is 5.69 Å². The van der Waals surface area contributed by atoms with Crippen LogP contribution in [0.15, 0.2) is 18.2 Å². The summed E-state index contributed by atoms with van der Waals surface area (Å²) in [6.07, 6.45) is -3.18. The van der Waals surface area contributed by atoms with Gasteiger partial charge < -0.3 is 20.1 Å². The Kier molecular flexibility index (Phi) is 5.56. The molecule has 0 aromatic heterocycles. The molecule has 0 saturated carbocycles. The first-order chi connectivity index (χ1) is 9.42. The average Bonchev–Trinajstić information content (AvgIpc) is 2.45. The van der Waals surface area contributed by atoms with Crippen LogP contribution in [0.25, 0.3) is 0 Å². The highest BCUT2D eigenvalue weighted by Gasteiger charge is 2.27. The molecule has 2 atom stereocenters. The van der Waals surface area contributed by atoms with Crippen LogP contribution in [0.3, 0.4) is 0 Å². The highest BCUT2D eigenvalue weighted by atomic mass is 16.6. The Morgan fingerprint density at radius 1 is 1.45 bits per heavy atom. The van der Waals surface area contributed by atoms with Crippen molar-refractivity contribution in [3.63, 3.8) is 0 Å². The van der Waals surface area contributed by atoms with Crippen LogP contribution in [-0.4, -0.2) is 45.5 Å². The molecule has 0 aliphatic rings. The molecule has 0 amide bonds. The van der Waals surface area contributed by atoms with Crippen molar-refractivity contribution in [2.45, 2.75) is 19.1 Å². The van der Waals surface area contributed by atoms with Crippen LogP contribution in [0.5, 0.6) is 0 Å². The second kappa shape index (κ2) is 6.94. The molecular weight excluding hydrogens is 270 g/mol. The van der Waals surface area contributed by atoms with Gasteiger partial charge >= 0.3 is 5.97 Å². The first-order valence-electron chi connectivity index (χ1n) is 5.84. The van der Waals surface area contributed by atoms with Gasteiger partial charge in [-0.2, -0.15) is 0 Å². The Morgan fingerprint density at radius 2 is 2.10 bits per heavy atom. The molecule has 1 aromatic rings. The summed E-state index contributed by atoms with van der Waals surface area (Å²) in [5, 5.41) is 38.8. The van der Waals surface area contributed by atoms with Crippen molar-refractivity contribution >= 4 is 11.7 Å². The highest BCUT2D eigenvalue weighted by molar-refractivity contribution is 5.90. The predicted octanol–water partition coefficient (Wildman–Crippen LogP) is 0.158. The molecule has 0 bridgehead atoms. The van der Waals surface area contributed by atoms with Crippen LogP contribution >= 0.6 is 0 Å². The molecular formula is C12H15NO7. The number of rotatable bonds is 6. The molecule has 2 unspecified atom stereocenters. The summed E-state index contributed by atoms with van der Waals surface area (Å²) >= 11 is 0. The Hall–Kier alpha value is -2.03. The lowest BCUT2D eigenvalue weighted by Gasteiger charge is -2.16. The summed E-state index contributed by atoms with van der Waals surface area (Å²) in [4.78, 5) is 21.7. The van der Waals surface area contributed by atoms with Crippen LogP contribution < -0.4 is 0 Å². The Labute approximate surface area is 114 Å². The molecule has 0 radical (unpaired) electrons. The number of nitro groups is 1. The van der Waals surface area contributed by atoms with Crippen LogP contribution in [-0.2, 0) is 4.74 Å². The van der Waals surface area contributed by atoms with E-state index in [4.69, 9.17) is 9.84 Å². The molecule has 1 rings (SSSR count). The maximum absolute atomic E-state index is 11.5. The van der Waals surface area contributed by atoms with Gasteiger partial charge in [0.1, 0.15) is 12.2 Å². The van der Waals surface area contributed by atoms with Gasteiger partial charge in [-0.05, 0) is 19.1 Å². The molecule has 0 heterocycles. The van der Waals surface area contributed by atoms with Crippen molar-refractivity contribution in [3.8, 4) is 0 Å². The maximum Gasteiger partial charge on any atom is 0.338 e. The molecule has 8 heteroatoms. The largest absolute Gasteiger partial charge is 0.462 e. The van der Waals surface area contributed by atoms with Crippen LogP contribution in [0, 0.1) is 10.1 Å². The van der Waals surface area contributed by atoms with Gasteiger partial charge in [-0.25, -0.2) is 4.79 Å². The van der Waals surface area contributed by atoms with E-state index in [2.05, 4.69) is 0 Å². The summed E-state index contributed by atoms with van der Waals surface area (Å²) in [6, 6.07) is 3.35. The van der Waals surface area contributed by atoms with Gasteiger partial charge in [-0.1, -0.05) is 0 Å². The van der Waals surface area contributed by atoms with E-state index in [0.29, 0.717) is 0 Å². The first kappa shape index (κ1) is 16.0. The fraction of sp³-hybridized carbons (Fsp3) is 0.417. The number of nitrogens with zero attached hydrogens (tertiary/aromatic N) is 1. The number of ether oxygens (including phenoxy) is 1. The summed E-state index contributed by atoms with van der Waals surface area (Å²) in [5.74, 6) is -0.723. The third-order valence-electron chi connectivity index (χ3n) is 2.61. The molecule has 110 valence electrons. The number of hydrogen-bond donors (Lipinski definition) is 3. The van der Waals surface area contributed by atoms with Crippen molar-refractivity contribution in [3.05, 3.63) is 39.4 Å². The van der Waals surface area contributed by atoms with Crippen LogP contribution in [0.1, 0.15) is 28.9 Å². The van der Waals surface area contributed by atoms with Crippen LogP contribution in [0.2, 0.25) is 0 Å². The van der Waals surface area contributed by atoms with Gasteiger partial charge in [0.15, 0.2) is 0 Å². The van der Waals surface area contributed by atoms with Crippen molar-refractivity contribution in [2.75, 3.05) is 13.2 Å². The third-order valence-corrected chi connectivity index (χ3v) is 2.61. The molecule has 0 fully saturated rings. The van der Waals surface area contributed by atoms with Gasteiger partial charge in [-0.15, -0.1) is 0 Å². The monoisotopic (exact) mass is 285 g/mol. The van der Waals surface area contributed by atoms with Crippen molar-refractivity contribution in [2.24, 2.45) is 0 Å². The number of aliphatic hydroxyl groups excluding tert-OH is 3. The van der Waals surface area contributed by atoms with E-state index in [0.717, 1.165) is 12.1 Å². The van der Waals surface area contributed by atoms with Gasteiger partial charge in [0.05, 0.1) is 29.3 Å². The first-order valence-corrected chi connectivity index (χ1v) is 5.84. The number of esters is 1. The second-order valence-corrected chi connectivity index (χ2v) is 3.95. The van der Waals surface area contributed by atoms with E-state index < -0.39 is 35.4 Å². The van der Waals surface area contributed by atoms with E-state index >= 15 is 0 Å². The van der Waals surface area contributed by atoms with E-state index in [1.54, 1.807) is 6.92 Å². The minimum atomic E-state index is -1.63. The zero-order chi connectivity index (χ0) is 15.3. The molecule has 8 nitrogen and oxygen atoms in total. The standard InChI is InChI=1S/C12H15NO7/c1-2-20-12(17)7-3-4-8(9(5-7)13(18)19)11(16)10(15)6-14/h3-5,10-11,14-16H,2,6H2,1H3. The van der Waals surface area contributed by atoms with Crippen molar-refractivity contribution < 1.29 is 29.8 Å². The zero-order valence-corrected chi connectivity index (χ0v) is 10.7. The van der Waals surface area contributed by atoms with Crippen molar-refractivity contribution in [1.82, 2.24) is 0 Å². The normalized spacial score (nSPS) is 13.6. The Balaban J connectivity index is 3.21. The number of benzene rings is 1. The topological polar surface area (TPSA) is 130 Å². The molecule has 3 N–H and O–H groups in total. The molecule has 0 spiro atoms. The number of hydrogen-bond acceptors (Lipinski definition) is 7. The van der Waals surface area contributed by atoms with Gasteiger partial charge in [-0.3, -0.25) is 10.1 Å². The minimum Gasteiger partial charge on any atom is -0.462 e. The molecule has 1 aromatic carbocycles. The SMILES string of the molecule is CCOC(=O)c1ccc(C(O)C(O)CO)c([N+](=O)[O-])c1. The minimum absolute atomic E-state index is 0.0343. The average molecular weight is 285 g/mol. The van der Waals surface area contributed by atoms with Gasteiger partial charge in [0, 0.05) is 6.07 Å². The van der Waals surface area contributed by atoms with Crippen molar-refractivity contribution in [1.29, 1.82) is 0 Å². The summed E-state index contributed by atoms with van der Waals surface area (Å²) in [5.41, 5.74) is -0.756. The molecule has 0 aliphatic heterocycles. The number of carbonyl (C=O) groups excluding carboxylic acids is 1. The Bertz CT molecular complexity index is 503. The lowest BCUT2D eigenvalue weighted by Crippen LogP contribution is -2.23. The zero-order valence-electron chi connectivity index (χ0n) is 10.7. The number of aliphatic hydroxyl groups is 3. The molecule has 20 heavy (non-hydrogen) atoms. The summed E-state index contributed by atoms with van der Waals surface area (Å²) in [6.45, 7) is 0.972. The lowest BCUT2D eigenvalue weighted by molar-refractivity contribution is -0.386. The Morgan fingerprint density at radius 3 is 2.60 bits per heavy atom. The van der Waals surface area contributed by atoms with Gasteiger partial charge in [0.2, 0.25) is 0 Å². The number of carbonyl (C=O) groups is 1. The number of nitro benzene ring substituents is 1. The summed E-state index contributed by atoms with van der Waals surface area (Å²) in [7, 11) is 0. The second-order valence-electron chi connectivity index (χ2n) is 3.95. The third kappa shape index (κ3) is 3.50. The fourth-order valence-electron chi connectivity index (χ4n) is 1.60. The van der Waals surface area contributed by atoms with E-state index in [1.807, 2.05) is 0 Å². The van der Waals surface area contributed by atoms with E-state index in [9.17, 15) is 25.1 Å².